The molecule has 5 heteroatoms. The lowest BCUT2D eigenvalue weighted by molar-refractivity contribution is 0.0781. The van der Waals surface area contributed by atoms with Crippen LogP contribution >= 0.6 is 0 Å². The summed E-state index contributed by atoms with van der Waals surface area (Å²) in [6.45, 7) is 5.84. The molecule has 5 nitrogen and oxygen atoms in total. The summed E-state index contributed by atoms with van der Waals surface area (Å²) in [5.41, 5.74) is 1.70. The third-order valence-corrected chi connectivity index (χ3v) is 4.14. The number of aryl methyl sites for hydroxylation is 1. The van der Waals surface area contributed by atoms with Crippen LogP contribution in [-0.4, -0.2) is 46.8 Å². The number of amides is 1. The normalized spacial score (nSPS) is 27.5. The van der Waals surface area contributed by atoms with Gasteiger partial charge in [0.05, 0.1) is 11.8 Å². The van der Waals surface area contributed by atoms with Crippen molar-refractivity contribution in [2.24, 2.45) is 18.9 Å². The second-order valence-corrected chi connectivity index (χ2v) is 5.16. The molecule has 2 aliphatic heterocycles. The van der Waals surface area contributed by atoms with Crippen LogP contribution in [0.2, 0.25) is 0 Å². The Morgan fingerprint density at radius 1 is 1.41 bits per heavy atom. The highest BCUT2D eigenvalue weighted by Crippen LogP contribution is 2.27. The summed E-state index contributed by atoms with van der Waals surface area (Å²) < 4.78 is 1.76. The Balaban J connectivity index is 1.78. The quantitative estimate of drug-likeness (QED) is 0.745. The molecule has 0 saturated carbocycles. The van der Waals surface area contributed by atoms with E-state index in [0.717, 1.165) is 37.4 Å². The Morgan fingerprint density at radius 2 is 2.06 bits per heavy atom. The Morgan fingerprint density at radius 3 is 2.59 bits per heavy atom. The molecule has 2 atom stereocenters. The number of hydrogen-bond donors (Lipinski definition) is 1. The summed E-state index contributed by atoms with van der Waals surface area (Å²) in [4.78, 5) is 14.4. The third-order valence-electron chi connectivity index (χ3n) is 4.14. The lowest BCUT2D eigenvalue weighted by Gasteiger charge is -2.17. The van der Waals surface area contributed by atoms with E-state index in [1.807, 2.05) is 18.9 Å². The van der Waals surface area contributed by atoms with Gasteiger partial charge in [-0.1, -0.05) is 0 Å². The van der Waals surface area contributed by atoms with E-state index >= 15 is 0 Å². The fraction of sp³-hybridized carbons (Fsp3) is 0.667. The van der Waals surface area contributed by atoms with Crippen molar-refractivity contribution in [3.63, 3.8) is 0 Å². The summed E-state index contributed by atoms with van der Waals surface area (Å²) in [6, 6.07) is 0. The van der Waals surface area contributed by atoms with Crippen molar-refractivity contribution in [1.29, 1.82) is 0 Å². The molecular formula is C12H18N4O. The van der Waals surface area contributed by atoms with E-state index in [-0.39, 0.29) is 5.91 Å². The zero-order chi connectivity index (χ0) is 12.0. The van der Waals surface area contributed by atoms with Crippen molar-refractivity contribution in [3.05, 3.63) is 17.5 Å². The van der Waals surface area contributed by atoms with Crippen molar-refractivity contribution in [1.82, 2.24) is 20.0 Å². The van der Waals surface area contributed by atoms with Gasteiger partial charge in [-0.3, -0.25) is 9.48 Å². The second kappa shape index (κ2) is 3.84. The number of fused-ring (bicyclic) bond motifs is 1. The van der Waals surface area contributed by atoms with Gasteiger partial charge in [-0.25, -0.2) is 0 Å². The molecule has 1 amide bonds. The van der Waals surface area contributed by atoms with E-state index in [4.69, 9.17) is 0 Å². The summed E-state index contributed by atoms with van der Waals surface area (Å²) in [5, 5.41) is 7.52. The zero-order valence-corrected chi connectivity index (χ0v) is 10.3. The third kappa shape index (κ3) is 1.65. The Hall–Kier alpha value is -1.36. The molecule has 2 fully saturated rings. The maximum absolute atomic E-state index is 12.4. The first-order chi connectivity index (χ1) is 8.16. The first-order valence-corrected chi connectivity index (χ1v) is 6.15. The molecule has 3 heterocycles. The smallest absolute Gasteiger partial charge is 0.257 e. The van der Waals surface area contributed by atoms with Crippen LogP contribution < -0.4 is 5.32 Å². The van der Waals surface area contributed by atoms with E-state index < -0.39 is 0 Å². The number of nitrogens with one attached hydrogen (secondary N) is 1. The highest BCUT2D eigenvalue weighted by molar-refractivity contribution is 5.95. The van der Waals surface area contributed by atoms with Gasteiger partial charge in [-0.2, -0.15) is 5.10 Å². The van der Waals surface area contributed by atoms with E-state index in [1.165, 1.54) is 0 Å². The number of carbonyl (C=O) groups excluding carboxylic acids is 1. The van der Waals surface area contributed by atoms with Gasteiger partial charge in [0.15, 0.2) is 0 Å². The van der Waals surface area contributed by atoms with Crippen LogP contribution in [0.15, 0.2) is 6.20 Å². The minimum absolute atomic E-state index is 0.144. The predicted molar refractivity (Wildman–Crippen MR) is 63.7 cm³/mol. The molecule has 3 rings (SSSR count). The molecule has 0 aliphatic carbocycles. The zero-order valence-electron chi connectivity index (χ0n) is 10.3. The SMILES string of the molecule is Cc1c(C(=O)N2C[C@H]3CNC[C@H]3C2)cnn1C. The minimum atomic E-state index is 0.144. The first kappa shape index (κ1) is 10.8. The Labute approximate surface area is 101 Å². The molecule has 2 saturated heterocycles. The molecule has 0 aromatic carbocycles. The largest absolute Gasteiger partial charge is 0.338 e. The molecule has 0 unspecified atom stereocenters. The van der Waals surface area contributed by atoms with Crippen LogP contribution in [0.5, 0.6) is 0 Å². The van der Waals surface area contributed by atoms with Crippen LogP contribution in [0, 0.1) is 18.8 Å². The molecule has 1 N–H and O–H groups in total. The second-order valence-electron chi connectivity index (χ2n) is 5.16. The lowest BCUT2D eigenvalue weighted by Crippen LogP contribution is -2.32. The molecule has 92 valence electrons. The molecule has 0 spiro atoms. The highest BCUT2D eigenvalue weighted by Gasteiger charge is 2.38. The molecular weight excluding hydrogens is 216 g/mol. The van der Waals surface area contributed by atoms with Crippen molar-refractivity contribution in [2.75, 3.05) is 26.2 Å². The van der Waals surface area contributed by atoms with Gasteiger partial charge in [-0.05, 0) is 18.8 Å². The van der Waals surface area contributed by atoms with Crippen LogP contribution in [0.4, 0.5) is 0 Å². The average Bonchev–Trinajstić information content (AvgIpc) is 2.94. The number of rotatable bonds is 1. The van der Waals surface area contributed by atoms with Crippen molar-refractivity contribution in [3.8, 4) is 0 Å². The number of carbonyl (C=O) groups is 1. The highest BCUT2D eigenvalue weighted by atomic mass is 16.2. The average molecular weight is 234 g/mol. The minimum Gasteiger partial charge on any atom is -0.338 e. The topological polar surface area (TPSA) is 50.2 Å². The van der Waals surface area contributed by atoms with Gasteiger partial charge in [0.1, 0.15) is 0 Å². The summed E-state index contributed by atoms with van der Waals surface area (Å²) in [6.07, 6.45) is 1.68. The van der Waals surface area contributed by atoms with Gasteiger partial charge in [0.25, 0.3) is 5.91 Å². The van der Waals surface area contributed by atoms with Gasteiger partial charge in [0, 0.05) is 38.9 Å². The maximum Gasteiger partial charge on any atom is 0.257 e. The van der Waals surface area contributed by atoms with E-state index in [0.29, 0.717) is 11.8 Å². The molecule has 1 aromatic rings. The van der Waals surface area contributed by atoms with Gasteiger partial charge in [-0.15, -0.1) is 0 Å². The van der Waals surface area contributed by atoms with Crippen LogP contribution in [-0.2, 0) is 7.05 Å². The molecule has 1 aromatic heterocycles. The molecule has 2 aliphatic rings. The fourth-order valence-electron chi connectivity index (χ4n) is 2.90. The Bertz CT molecular complexity index is 441. The van der Waals surface area contributed by atoms with Crippen molar-refractivity contribution in [2.45, 2.75) is 6.92 Å². The first-order valence-electron chi connectivity index (χ1n) is 6.15. The Kier molecular flexibility index (Phi) is 2.43. The molecule has 17 heavy (non-hydrogen) atoms. The van der Waals surface area contributed by atoms with Gasteiger partial charge >= 0.3 is 0 Å². The van der Waals surface area contributed by atoms with Crippen molar-refractivity contribution >= 4 is 5.91 Å². The van der Waals surface area contributed by atoms with E-state index in [1.54, 1.807) is 10.9 Å². The monoisotopic (exact) mass is 234 g/mol. The van der Waals surface area contributed by atoms with Crippen LogP contribution in [0.3, 0.4) is 0 Å². The van der Waals surface area contributed by atoms with Crippen LogP contribution in [0.1, 0.15) is 16.1 Å². The van der Waals surface area contributed by atoms with E-state index in [9.17, 15) is 4.79 Å². The van der Waals surface area contributed by atoms with Gasteiger partial charge in [0.2, 0.25) is 0 Å². The summed E-state index contributed by atoms with van der Waals surface area (Å²) >= 11 is 0. The fourth-order valence-corrected chi connectivity index (χ4v) is 2.90. The van der Waals surface area contributed by atoms with Crippen molar-refractivity contribution < 1.29 is 4.79 Å². The summed E-state index contributed by atoms with van der Waals surface area (Å²) in [7, 11) is 1.87. The summed E-state index contributed by atoms with van der Waals surface area (Å²) in [5.74, 6) is 1.44. The molecule has 0 radical (unpaired) electrons. The standard InChI is InChI=1S/C12H18N4O/c1-8-11(5-14-15(8)2)12(17)16-6-9-3-13-4-10(9)7-16/h5,9-10,13H,3-4,6-7H2,1-2H3/t9-,10+. The molecule has 0 bridgehead atoms. The number of aromatic nitrogens is 2. The lowest BCUT2D eigenvalue weighted by atomic mass is 10.0. The number of hydrogen-bond acceptors (Lipinski definition) is 3. The predicted octanol–water partition coefficient (Wildman–Crippen LogP) is 0.0199. The van der Waals surface area contributed by atoms with E-state index in [2.05, 4.69) is 10.4 Å². The maximum atomic E-state index is 12.4. The van der Waals surface area contributed by atoms with Crippen LogP contribution in [0.25, 0.3) is 0 Å². The van der Waals surface area contributed by atoms with Gasteiger partial charge < -0.3 is 10.2 Å². The number of nitrogens with zero attached hydrogens (tertiary/aromatic N) is 3. The number of likely N-dealkylation sites (tertiary alicyclic amines) is 1.